The number of carbonyl (C=O) groups is 1. The number of fused-ring (bicyclic) bond motifs is 1. The van der Waals surface area contributed by atoms with E-state index in [4.69, 9.17) is 4.98 Å². The Balaban J connectivity index is 1.57. The zero-order valence-corrected chi connectivity index (χ0v) is 16.2. The Morgan fingerprint density at radius 1 is 0.931 bits per heavy atom. The SMILES string of the molecule is O=C(NCc1ccccc1)C(c1ccccc1)n1c(C2CC2)nc2ccccc21. The summed E-state index contributed by atoms with van der Waals surface area (Å²) in [6, 6.07) is 27.7. The molecule has 0 radical (unpaired) electrons. The molecular weight excluding hydrogens is 358 g/mol. The largest absolute Gasteiger partial charge is 0.350 e. The van der Waals surface area contributed by atoms with Crippen LogP contribution in [0, 0.1) is 0 Å². The van der Waals surface area contributed by atoms with Crippen LogP contribution in [0.5, 0.6) is 0 Å². The number of para-hydroxylation sites is 2. The van der Waals surface area contributed by atoms with Crippen LogP contribution in [0.2, 0.25) is 0 Å². The first-order valence-corrected chi connectivity index (χ1v) is 10.1. The summed E-state index contributed by atoms with van der Waals surface area (Å²) in [4.78, 5) is 18.4. The second kappa shape index (κ2) is 7.55. The highest BCUT2D eigenvalue weighted by atomic mass is 16.2. The first kappa shape index (κ1) is 17.7. The van der Waals surface area contributed by atoms with Crippen LogP contribution in [0.15, 0.2) is 84.9 Å². The number of hydrogen-bond acceptors (Lipinski definition) is 2. The van der Waals surface area contributed by atoms with Crippen molar-refractivity contribution in [2.75, 3.05) is 0 Å². The highest BCUT2D eigenvalue weighted by Crippen LogP contribution is 2.42. The molecule has 0 bridgehead atoms. The van der Waals surface area contributed by atoms with Crippen LogP contribution >= 0.6 is 0 Å². The van der Waals surface area contributed by atoms with Gasteiger partial charge in [0.2, 0.25) is 5.91 Å². The number of nitrogens with zero attached hydrogens (tertiary/aromatic N) is 2. The molecular formula is C25H23N3O. The van der Waals surface area contributed by atoms with Crippen molar-refractivity contribution in [1.29, 1.82) is 0 Å². The molecule has 4 nitrogen and oxygen atoms in total. The van der Waals surface area contributed by atoms with Gasteiger partial charge >= 0.3 is 0 Å². The molecule has 5 rings (SSSR count). The number of benzene rings is 3. The summed E-state index contributed by atoms with van der Waals surface area (Å²) in [5.41, 5.74) is 4.03. The van der Waals surface area contributed by atoms with E-state index in [0.29, 0.717) is 12.5 Å². The van der Waals surface area contributed by atoms with Crippen LogP contribution in [0.25, 0.3) is 11.0 Å². The van der Waals surface area contributed by atoms with Gasteiger partial charge in [0.25, 0.3) is 0 Å². The average molecular weight is 381 g/mol. The molecule has 1 fully saturated rings. The highest BCUT2D eigenvalue weighted by molar-refractivity contribution is 5.87. The molecule has 1 aromatic heterocycles. The maximum atomic E-state index is 13.5. The van der Waals surface area contributed by atoms with Gasteiger partial charge in [0.15, 0.2) is 0 Å². The van der Waals surface area contributed by atoms with Crippen molar-refractivity contribution in [2.24, 2.45) is 0 Å². The lowest BCUT2D eigenvalue weighted by atomic mass is 10.0. The molecule has 4 heteroatoms. The van der Waals surface area contributed by atoms with Crippen LogP contribution < -0.4 is 5.32 Å². The Hall–Kier alpha value is -3.40. The van der Waals surface area contributed by atoms with E-state index in [1.807, 2.05) is 78.9 Å². The predicted octanol–water partition coefficient (Wildman–Crippen LogP) is 4.82. The number of hydrogen-bond donors (Lipinski definition) is 1. The van der Waals surface area contributed by atoms with Gasteiger partial charge in [-0.25, -0.2) is 4.98 Å². The number of nitrogens with one attached hydrogen (secondary N) is 1. The fourth-order valence-electron chi connectivity index (χ4n) is 3.90. The number of rotatable bonds is 6. The fraction of sp³-hybridized carbons (Fsp3) is 0.200. The molecule has 1 atom stereocenters. The molecule has 0 saturated heterocycles. The van der Waals surface area contributed by atoms with Gasteiger partial charge in [-0.3, -0.25) is 4.79 Å². The Morgan fingerprint density at radius 3 is 2.31 bits per heavy atom. The second-order valence-electron chi connectivity index (χ2n) is 7.62. The molecule has 144 valence electrons. The third-order valence-corrected chi connectivity index (χ3v) is 5.50. The van der Waals surface area contributed by atoms with E-state index in [-0.39, 0.29) is 5.91 Å². The van der Waals surface area contributed by atoms with E-state index in [9.17, 15) is 4.79 Å². The molecule has 0 aliphatic heterocycles. The molecule has 1 aliphatic carbocycles. The number of carbonyl (C=O) groups excluding carboxylic acids is 1. The molecule has 3 aromatic carbocycles. The molecule has 29 heavy (non-hydrogen) atoms. The summed E-state index contributed by atoms with van der Waals surface area (Å²) < 4.78 is 2.16. The minimum absolute atomic E-state index is 0.00916. The molecule has 4 aromatic rings. The Bertz CT molecular complexity index is 1130. The fourth-order valence-corrected chi connectivity index (χ4v) is 3.90. The van der Waals surface area contributed by atoms with Gasteiger partial charge in [-0.15, -0.1) is 0 Å². The van der Waals surface area contributed by atoms with Gasteiger partial charge in [-0.1, -0.05) is 72.8 Å². The molecule has 1 heterocycles. The first-order valence-electron chi connectivity index (χ1n) is 10.1. The molecule has 1 N–H and O–H groups in total. The average Bonchev–Trinajstić information content (AvgIpc) is 3.56. The van der Waals surface area contributed by atoms with Crippen molar-refractivity contribution >= 4 is 16.9 Å². The Labute approximate surface area is 170 Å². The minimum Gasteiger partial charge on any atom is -0.350 e. The van der Waals surface area contributed by atoms with Crippen molar-refractivity contribution in [3.63, 3.8) is 0 Å². The van der Waals surface area contributed by atoms with Gasteiger partial charge in [-0.05, 0) is 36.1 Å². The van der Waals surface area contributed by atoms with Crippen molar-refractivity contribution in [2.45, 2.75) is 31.3 Å². The van der Waals surface area contributed by atoms with Crippen LogP contribution in [0.1, 0.15) is 41.8 Å². The quantitative estimate of drug-likeness (QED) is 0.520. The first-order chi connectivity index (χ1) is 14.3. The van der Waals surface area contributed by atoms with E-state index in [1.54, 1.807) is 0 Å². The lowest BCUT2D eigenvalue weighted by Gasteiger charge is -2.22. The van der Waals surface area contributed by atoms with Crippen molar-refractivity contribution in [1.82, 2.24) is 14.9 Å². The van der Waals surface area contributed by atoms with Gasteiger partial charge in [-0.2, -0.15) is 0 Å². The summed E-state index contributed by atoms with van der Waals surface area (Å²) in [7, 11) is 0. The predicted molar refractivity (Wildman–Crippen MR) is 115 cm³/mol. The van der Waals surface area contributed by atoms with E-state index >= 15 is 0 Å². The highest BCUT2D eigenvalue weighted by Gasteiger charge is 2.34. The van der Waals surface area contributed by atoms with E-state index in [0.717, 1.165) is 40.8 Å². The zero-order valence-electron chi connectivity index (χ0n) is 16.2. The lowest BCUT2D eigenvalue weighted by molar-refractivity contribution is -0.123. The van der Waals surface area contributed by atoms with Gasteiger partial charge in [0.05, 0.1) is 11.0 Å². The molecule has 1 amide bonds. The monoisotopic (exact) mass is 381 g/mol. The van der Waals surface area contributed by atoms with Crippen LogP contribution in [-0.4, -0.2) is 15.5 Å². The number of amides is 1. The smallest absolute Gasteiger partial charge is 0.248 e. The van der Waals surface area contributed by atoms with Gasteiger partial charge in [0, 0.05) is 12.5 Å². The number of aromatic nitrogens is 2. The summed E-state index contributed by atoms with van der Waals surface area (Å²) in [6.45, 7) is 0.508. The maximum absolute atomic E-state index is 13.5. The topological polar surface area (TPSA) is 46.9 Å². The van der Waals surface area contributed by atoms with E-state index < -0.39 is 6.04 Å². The second-order valence-corrected chi connectivity index (χ2v) is 7.62. The maximum Gasteiger partial charge on any atom is 0.248 e. The standard InChI is InChI=1S/C25H23N3O/c29-25(26-17-18-9-3-1-4-10-18)23(19-11-5-2-6-12-19)28-22-14-8-7-13-21(22)27-24(28)20-15-16-20/h1-14,20,23H,15-17H2,(H,26,29). The Kier molecular flexibility index (Phi) is 4.60. The van der Waals surface area contributed by atoms with Gasteiger partial charge < -0.3 is 9.88 Å². The number of imidazole rings is 1. The summed E-state index contributed by atoms with van der Waals surface area (Å²) in [6.07, 6.45) is 2.27. The zero-order chi connectivity index (χ0) is 19.6. The third-order valence-electron chi connectivity index (χ3n) is 5.50. The minimum atomic E-state index is -0.442. The van der Waals surface area contributed by atoms with E-state index in [2.05, 4.69) is 16.0 Å². The van der Waals surface area contributed by atoms with Crippen LogP contribution in [0.3, 0.4) is 0 Å². The molecule has 0 spiro atoms. The Morgan fingerprint density at radius 2 is 1.59 bits per heavy atom. The lowest BCUT2D eigenvalue weighted by Crippen LogP contribution is -2.33. The van der Waals surface area contributed by atoms with E-state index in [1.165, 1.54) is 0 Å². The van der Waals surface area contributed by atoms with Crippen molar-refractivity contribution < 1.29 is 4.79 Å². The normalized spacial score (nSPS) is 14.6. The van der Waals surface area contributed by atoms with Crippen molar-refractivity contribution in [3.05, 3.63) is 102 Å². The summed E-state index contributed by atoms with van der Waals surface area (Å²) in [5, 5.41) is 3.15. The van der Waals surface area contributed by atoms with Crippen LogP contribution in [0.4, 0.5) is 0 Å². The molecule has 1 unspecified atom stereocenters. The summed E-state index contributed by atoms with van der Waals surface area (Å²) in [5.74, 6) is 1.45. The van der Waals surface area contributed by atoms with Gasteiger partial charge in [0.1, 0.15) is 11.9 Å². The third kappa shape index (κ3) is 3.54. The van der Waals surface area contributed by atoms with Crippen molar-refractivity contribution in [3.8, 4) is 0 Å². The van der Waals surface area contributed by atoms with Crippen LogP contribution in [-0.2, 0) is 11.3 Å². The summed E-state index contributed by atoms with van der Waals surface area (Å²) >= 11 is 0. The molecule has 1 saturated carbocycles. The molecule has 1 aliphatic rings.